The topological polar surface area (TPSA) is 60.5 Å². The minimum atomic E-state index is 0. The molecule has 0 aliphatic carbocycles. The summed E-state index contributed by atoms with van der Waals surface area (Å²) in [5, 5.41) is 6.25. The molecule has 1 aromatic rings. The van der Waals surface area contributed by atoms with Gasteiger partial charge in [-0.2, -0.15) is 0 Å². The molecule has 0 spiro atoms. The van der Waals surface area contributed by atoms with Crippen LogP contribution in [0.5, 0.6) is 0 Å². The SMILES string of the molecule is Cl.Cl.O=C(CCN1CCN(c2ccccn2)CC1)NCC1CNC1. The van der Waals surface area contributed by atoms with Gasteiger partial charge in [-0.05, 0) is 12.1 Å². The molecule has 2 fully saturated rings. The van der Waals surface area contributed by atoms with E-state index in [1.807, 2.05) is 18.3 Å². The molecule has 1 aromatic heterocycles. The Labute approximate surface area is 156 Å². The highest BCUT2D eigenvalue weighted by Gasteiger charge is 2.19. The first-order valence-corrected chi connectivity index (χ1v) is 8.17. The zero-order valence-corrected chi connectivity index (χ0v) is 15.5. The van der Waals surface area contributed by atoms with Crippen molar-refractivity contribution >= 4 is 36.5 Å². The number of hydrogen-bond acceptors (Lipinski definition) is 5. The Bertz CT molecular complexity index is 479. The number of anilines is 1. The summed E-state index contributed by atoms with van der Waals surface area (Å²) in [6.07, 6.45) is 2.44. The van der Waals surface area contributed by atoms with Gasteiger partial charge in [0.05, 0.1) is 0 Å². The number of nitrogens with zero attached hydrogens (tertiary/aromatic N) is 3. The van der Waals surface area contributed by atoms with Gasteiger partial charge in [-0.15, -0.1) is 24.8 Å². The van der Waals surface area contributed by atoms with Gasteiger partial charge >= 0.3 is 0 Å². The summed E-state index contributed by atoms with van der Waals surface area (Å²) in [5.41, 5.74) is 0. The van der Waals surface area contributed by atoms with E-state index in [-0.39, 0.29) is 30.7 Å². The van der Waals surface area contributed by atoms with E-state index >= 15 is 0 Å². The molecule has 8 heteroatoms. The number of rotatable bonds is 6. The van der Waals surface area contributed by atoms with Crippen molar-refractivity contribution in [2.45, 2.75) is 6.42 Å². The monoisotopic (exact) mass is 375 g/mol. The standard InChI is InChI=1S/C16H25N5O.2ClH/c22-16(19-13-14-11-17-12-14)4-6-20-7-9-21(10-8-20)15-3-1-2-5-18-15;;/h1-3,5,14,17H,4,6-13H2,(H,19,22);2*1H. The predicted molar refractivity (Wildman–Crippen MR) is 101 cm³/mol. The molecule has 0 radical (unpaired) electrons. The van der Waals surface area contributed by atoms with Crippen LogP contribution in [0.25, 0.3) is 0 Å². The molecule has 2 saturated heterocycles. The van der Waals surface area contributed by atoms with E-state index < -0.39 is 0 Å². The second kappa shape index (κ2) is 10.7. The fraction of sp³-hybridized carbons (Fsp3) is 0.625. The number of nitrogens with one attached hydrogen (secondary N) is 2. The van der Waals surface area contributed by atoms with E-state index in [4.69, 9.17) is 0 Å². The number of aromatic nitrogens is 1. The van der Waals surface area contributed by atoms with Crippen molar-refractivity contribution in [1.82, 2.24) is 20.5 Å². The average Bonchev–Trinajstić information content (AvgIpc) is 2.53. The van der Waals surface area contributed by atoms with Gasteiger partial charge in [-0.1, -0.05) is 6.07 Å². The van der Waals surface area contributed by atoms with E-state index in [1.54, 1.807) is 0 Å². The number of pyridine rings is 1. The Morgan fingerprint density at radius 2 is 1.96 bits per heavy atom. The van der Waals surface area contributed by atoms with Gasteiger partial charge in [-0.25, -0.2) is 4.98 Å². The fourth-order valence-electron chi connectivity index (χ4n) is 2.84. The predicted octanol–water partition coefficient (Wildman–Crippen LogP) is 0.773. The summed E-state index contributed by atoms with van der Waals surface area (Å²) in [4.78, 5) is 20.9. The van der Waals surface area contributed by atoms with Gasteiger partial charge in [-0.3, -0.25) is 9.69 Å². The average molecular weight is 376 g/mol. The second-order valence-electron chi connectivity index (χ2n) is 6.09. The zero-order valence-electron chi connectivity index (χ0n) is 13.8. The van der Waals surface area contributed by atoms with E-state index in [0.717, 1.165) is 58.2 Å². The maximum atomic E-state index is 11.8. The molecule has 2 aliphatic heterocycles. The van der Waals surface area contributed by atoms with Gasteiger partial charge in [0.15, 0.2) is 0 Å². The van der Waals surface area contributed by atoms with Crippen LogP contribution >= 0.6 is 24.8 Å². The van der Waals surface area contributed by atoms with E-state index in [1.165, 1.54) is 0 Å². The molecule has 0 aromatic carbocycles. The van der Waals surface area contributed by atoms with Crippen LogP contribution in [0.1, 0.15) is 6.42 Å². The van der Waals surface area contributed by atoms with Crippen molar-refractivity contribution in [2.24, 2.45) is 5.92 Å². The molecule has 3 heterocycles. The van der Waals surface area contributed by atoms with Gasteiger partial charge in [0.25, 0.3) is 0 Å². The summed E-state index contributed by atoms with van der Waals surface area (Å²) in [6, 6.07) is 6.02. The van der Waals surface area contributed by atoms with Gasteiger partial charge in [0.2, 0.25) is 5.91 Å². The van der Waals surface area contributed by atoms with Crippen LogP contribution < -0.4 is 15.5 Å². The van der Waals surface area contributed by atoms with Crippen LogP contribution in [0, 0.1) is 5.92 Å². The van der Waals surface area contributed by atoms with Crippen molar-refractivity contribution in [2.75, 3.05) is 57.3 Å². The first-order valence-electron chi connectivity index (χ1n) is 8.17. The Kier molecular flexibility index (Phi) is 9.36. The molecule has 3 rings (SSSR count). The maximum Gasteiger partial charge on any atom is 0.221 e. The molecular formula is C16H27Cl2N5O. The van der Waals surface area contributed by atoms with Crippen molar-refractivity contribution in [3.63, 3.8) is 0 Å². The van der Waals surface area contributed by atoms with E-state index in [9.17, 15) is 4.79 Å². The van der Waals surface area contributed by atoms with Gasteiger partial charge < -0.3 is 15.5 Å². The van der Waals surface area contributed by atoms with E-state index in [0.29, 0.717) is 12.3 Å². The minimum absolute atomic E-state index is 0. The van der Waals surface area contributed by atoms with Crippen LogP contribution in [0.3, 0.4) is 0 Å². The van der Waals surface area contributed by atoms with Crippen LogP contribution in [0.2, 0.25) is 0 Å². The molecule has 0 atom stereocenters. The molecular weight excluding hydrogens is 349 g/mol. The van der Waals surface area contributed by atoms with Crippen molar-refractivity contribution in [3.8, 4) is 0 Å². The maximum absolute atomic E-state index is 11.8. The molecule has 1 amide bonds. The third-order valence-corrected chi connectivity index (χ3v) is 4.45. The first kappa shape index (κ1) is 21.0. The summed E-state index contributed by atoms with van der Waals surface area (Å²) in [7, 11) is 0. The smallest absolute Gasteiger partial charge is 0.221 e. The zero-order chi connectivity index (χ0) is 15.2. The van der Waals surface area contributed by atoms with Crippen molar-refractivity contribution in [1.29, 1.82) is 0 Å². The molecule has 0 unspecified atom stereocenters. The Balaban J connectivity index is 0.00000144. The quantitative estimate of drug-likeness (QED) is 0.768. The Morgan fingerprint density at radius 1 is 1.21 bits per heavy atom. The first-order chi connectivity index (χ1) is 10.8. The number of carbonyl (C=O) groups excluding carboxylic acids is 1. The number of hydrogen-bond donors (Lipinski definition) is 2. The summed E-state index contributed by atoms with van der Waals surface area (Å²) < 4.78 is 0. The molecule has 2 aliphatic rings. The summed E-state index contributed by atoms with van der Waals surface area (Å²) in [6.45, 7) is 7.70. The molecule has 2 N–H and O–H groups in total. The number of piperazine rings is 1. The lowest BCUT2D eigenvalue weighted by Gasteiger charge is -2.35. The third-order valence-electron chi connectivity index (χ3n) is 4.45. The number of halogens is 2. The molecule has 0 bridgehead atoms. The molecule has 6 nitrogen and oxygen atoms in total. The molecule has 136 valence electrons. The molecule has 0 saturated carbocycles. The Hall–Kier alpha value is -1.08. The lowest BCUT2D eigenvalue weighted by atomic mass is 10.0. The van der Waals surface area contributed by atoms with Crippen molar-refractivity contribution < 1.29 is 4.79 Å². The van der Waals surface area contributed by atoms with Gasteiger partial charge in [0, 0.05) is 70.9 Å². The third kappa shape index (κ3) is 6.09. The highest BCUT2D eigenvalue weighted by molar-refractivity contribution is 5.85. The Morgan fingerprint density at radius 3 is 2.54 bits per heavy atom. The number of amides is 1. The van der Waals surface area contributed by atoms with Crippen LogP contribution in [-0.4, -0.2) is 68.1 Å². The lowest BCUT2D eigenvalue weighted by Crippen LogP contribution is -2.49. The summed E-state index contributed by atoms with van der Waals surface area (Å²) >= 11 is 0. The van der Waals surface area contributed by atoms with Crippen LogP contribution in [0.15, 0.2) is 24.4 Å². The minimum Gasteiger partial charge on any atom is -0.356 e. The van der Waals surface area contributed by atoms with Crippen LogP contribution in [-0.2, 0) is 4.79 Å². The number of carbonyl (C=O) groups is 1. The van der Waals surface area contributed by atoms with Crippen molar-refractivity contribution in [3.05, 3.63) is 24.4 Å². The van der Waals surface area contributed by atoms with Gasteiger partial charge in [0.1, 0.15) is 5.82 Å². The van der Waals surface area contributed by atoms with Crippen LogP contribution in [0.4, 0.5) is 5.82 Å². The summed E-state index contributed by atoms with van der Waals surface area (Å²) in [5.74, 6) is 1.86. The highest BCUT2D eigenvalue weighted by atomic mass is 35.5. The largest absolute Gasteiger partial charge is 0.356 e. The second-order valence-corrected chi connectivity index (χ2v) is 6.09. The van der Waals surface area contributed by atoms with E-state index in [2.05, 4.69) is 31.5 Å². The molecule has 24 heavy (non-hydrogen) atoms. The highest BCUT2D eigenvalue weighted by Crippen LogP contribution is 2.12. The lowest BCUT2D eigenvalue weighted by molar-refractivity contribution is -0.121. The fourth-order valence-corrected chi connectivity index (χ4v) is 2.84. The normalized spacial score (nSPS) is 18.1.